The Morgan fingerprint density at radius 2 is 0.667 bits per heavy atom. The summed E-state index contributed by atoms with van der Waals surface area (Å²) >= 11 is 0. The van der Waals surface area contributed by atoms with Crippen LogP contribution in [0.5, 0.6) is 0 Å². The van der Waals surface area contributed by atoms with Crippen molar-refractivity contribution < 1.29 is 26.4 Å². The van der Waals surface area contributed by atoms with E-state index in [0.29, 0.717) is 0 Å². The average Bonchev–Trinajstić information content (AvgIpc) is 2.14. The molecule has 15 heavy (non-hydrogen) atoms. The second-order valence-corrected chi connectivity index (χ2v) is 0.671. The summed E-state index contributed by atoms with van der Waals surface area (Å²) in [6, 6.07) is 0. The van der Waals surface area contributed by atoms with Gasteiger partial charge in [0.25, 0.3) is 0 Å². The molecular weight excluding hydrogens is 305 g/mol. The second kappa shape index (κ2) is 487. The fourth-order valence-corrected chi connectivity index (χ4v) is 0. The Labute approximate surface area is 112 Å². The van der Waals surface area contributed by atoms with Crippen LogP contribution in [0.25, 0.3) is 14.5 Å². The zero-order chi connectivity index (χ0) is 12.1. The minimum absolute atomic E-state index is 0. The first-order valence-electron chi connectivity index (χ1n) is 2.42. The summed E-state index contributed by atoms with van der Waals surface area (Å²) < 4.78 is 15.0. The summed E-state index contributed by atoms with van der Waals surface area (Å²) in [5.41, 5.74) is 0. The van der Waals surface area contributed by atoms with Crippen molar-refractivity contribution in [1.82, 2.24) is 0 Å². The fourth-order valence-electron chi connectivity index (χ4n) is 0. The van der Waals surface area contributed by atoms with E-state index in [2.05, 4.69) is 27.8 Å². The van der Waals surface area contributed by atoms with Gasteiger partial charge in [-0.3, -0.25) is 0 Å². The van der Waals surface area contributed by atoms with Gasteiger partial charge in [0, 0.05) is 17.1 Å². The average molecular weight is 315 g/mol. The molecule has 0 spiro atoms. The molecule has 1 radical (unpaired) electrons. The first kappa shape index (κ1) is 48.4. The largest absolute Gasteiger partial charge is 0 e. The van der Waals surface area contributed by atoms with Gasteiger partial charge in [0.15, 0.2) is 0 Å². The molecule has 0 rings (SSSR count). The molecule has 0 bridgehead atoms. The SMILES string of the molecule is Br.[C-]#[N+]C.[C-]#[N+]C.[C-]#[N+]C.[C-]#[O+].[C-]#[O+].[Mn]. The van der Waals surface area contributed by atoms with Crippen LogP contribution >= 0.6 is 17.0 Å². The van der Waals surface area contributed by atoms with E-state index < -0.39 is 0 Å². The molecule has 0 saturated heterocycles. The molecule has 0 aromatic heterocycles. The number of hydrogen-bond donors (Lipinski definition) is 0. The van der Waals surface area contributed by atoms with Crippen LogP contribution in [0.2, 0.25) is 0 Å². The van der Waals surface area contributed by atoms with E-state index in [-0.39, 0.29) is 34.1 Å². The van der Waals surface area contributed by atoms with Gasteiger partial charge < -0.3 is 14.5 Å². The van der Waals surface area contributed by atoms with Crippen LogP contribution in [0, 0.1) is 33.0 Å². The number of hydrogen-bond acceptors (Lipinski definition) is 0. The molecule has 0 heterocycles. The molecule has 0 atom stereocenters. The third kappa shape index (κ3) is 1410. The Bertz CT molecular complexity index is 175. The molecule has 0 aromatic carbocycles. The molecular formula is C8H10BrMnN3O2. The monoisotopic (exact) mass is 314 g/mol. The molecule has 0 aromatic rings. The van der Waals surface area contributed by atoms with Gasteiger partial charge in [-0.25, -0.2) is 19.7 Å². The molecule has 7 heteroatoms. The van der Waals surface area contributed by atoms with E-state index >= 15 is 0 Å². The molecule has 5 nitrogen and oxygen atoms in total. The molecule has 0 aliphatic carbocycles. The van der Waals surface area contributed by atoms with Gasteiger partial charge in [-0.1, -0.05) is 0 Å². The maximum Gasteiger partial charge on any atom is 0 e. The maximum atomic E-state index is 7.50. The Hall–Kier alpha value is -1.05. The van der Waals surface area contributed by atoms with E-state index in [1.54, 1.807) is 0 Å². The molecule has 0 unspecified atom stereocenters. The van der Waals surface area contributed by atoms with Gasteiger partial charge in [0.05, 0.1) is 0 Å². The van der Waals surface area contributed by atoms with Crippen molar-refractivity contribution in [3.63, 3.8) is 0 Å². The van der Waals surface area contributed by atoms with Crippen LogP contribution < -0.4 is 0 Å². The fraction of sp³-hybridized carbons (Fsp3) is 0.375. The van der Waals surface area contributed by atoms with Gasteiger partial charge in [0.2, 0.25) is 21.1 Å². The standard InChI is InChI=1S/3C2H3N.2CO.BrH.Mn/c3*1-3-2;2*1-2;;/h3*1H3;;;1H;. The van der Waals surface area contributed by atoms with E-state index in [1.165, 1.54) is 21.1 Å². The third-order valence-electron chi connectivity index (χ3n) is 0. The molecule has 83 valence electrons. The van der Waals surface area contributed by atoms with E-state index in [1.807, 2.05) is 0 Å². The number of halogens is 1. The number of nitrogens with zero attached hydrogens (tertiary/aromatic N) is 3. The van der Waals surface area contributed by atoms with E-state index in [0.717, 1.165) is 0 Å². The molecule has 0 aliphatic heterocycles. The quantitative estimate of drug-likeness (QED) is 0.373. The van der Waals surface area contributed by atoms with E-state index in [9.17, 15) is 0 Å². The van der Waals surface area contributed by atoms with Crippen molar-refractivity contribution in [2.24, 2.45) is 0 Å². The van der Waals surface area contributed by atoms with Crippen molar-refractivity contribution in [2.45, 2.75) is 0 Å². The molecule has 0 saturated carbocycles. The molecule has 0 N–H and O–H groups in total. The van der Waals surface area contributed by atoms with Gasteiger partial charge >= 0.3 is 22.6 Å². The van der Waals surface area contributed by atoms with Crippen LogP contribution in [0.15, 0.2) is 0 Å². The van der Waals surface area contributed by atoms with Gasteiger partial charge in [0.1, 0.15) is 0 Å². The number of rotatable bonds is 0. The van der Waals surface area contributed by atoms with E-state index in [4.69, 9.17) is 29.0 Å². The predicted molar refractivity (Wildman–Crippen MR) is 55.8 cm³/mol. The van der Waals surface area contributed by atoms with Crippen LogP contribution in [-0.2, 0) is 26.4 Å². The third-order valence-corrected chi connectivity index (χ3v) is 0. The molecule has 0 aliphatic rings. The van der Waals surface area contributed by atoms with Gasteiger partial charge in [-0.2, -0.15) is 0 Å². The predicted octanol–water partition coefficient (Wildman–Crippen LogP) is 2.11. The van der Waals surface area contributed by atoms with Crippen LogP contribution in [-0.4, -0.2) is 21.1 Å². The Morgan fingerprint density at radius 1 is 0.667 bits per heavy atom. The molecule has 0 fully saturated rings. The second-order valence-electron chi connectivity index (χ2n) is 0.671. The van der Waals surface area contributed by atoms with Crippen molar-refractivity contribution >= 4 is 17.0 Å². The van der Waals surface area contributed by atoms with Crippen LogP contribution in [0.3, 0.4) is 0 Å². The topological polar surface area (TPSA) is 52.9 Å². The molecule has 0 amide bonds. The van der Waals surface area contributed by atoms with Gasteiger partial charge in [-0.15, -0.1) is 17.0 Å². The Balaban J connectivity index is -0.0000000105. The maximum absolute atomic E-state index is 7.50. The summed E-state index contributed by atoms with van der Waals surface area (Å²) in [5, 5.41) is 0. The summed E-state index contributed by atoms with van der Waals surface area (Å²) in [4.78, 5) is 8.25. The normalized spacial score (nSPS) is 1.87. The summed E-state index contributed by atoms with van der Waals surface area (Å²) in [6.07, 6.45) is 0. The van der Waals surface area contributed by atoms with Crippen LogP contribution in [0.4, 0.5) is 0 Å². The zero-order valence-electron chi connectivity index (χ0n) is 8.44. The summed E-state index contributed by atoms with van der Waals surface area (Å²) in [6.45, 7) is 26.5. The minimum Gasteiger partial charge on any atom is 0 e. The smallest absolute Gasteiger partial charge is 0 e. The van der Waals surface area contributed by atoms with Gasteiger partial charge in [-0.05, 0) is 0 Å². The first-order valence-corrected chi connectivity index (χ1v) is 2.42. The van der Waals surface area contributed by atoms with Crippen molar-refractivity contribution in [3.8, 4) is 0 Å². The zero-order valence-corrected chi connectivity index (χ0v) is 11.3. The summed E-state index contributed by atoms with van der Waals surface area (Å²) in [5.74, 6) is 0. The Kier molecular flexibility index (Phi) is 1570. The minimum atomic E-state index is 0. The Morgan fingerprint density at radius 3 is 0.667 bits per heavy atom. The van der Waals surface area contributed by atoms with Crippen molar-refractivity contribution in [3.05, 3.63) is 47.6 Å². The van der Waals surface area contributed by atoms with Crippen LogP contribution in [0.1, 0.15) is 0 Å². The first-order chi connectivity index (χ1) is 6.24. The van der Waals surface area contributed by atoms with Crippen molar-refractivity contribution in [2.75, 3.05) is 21.1 Å². The summed E-state index contributed by atoms with van der Waals surface area (Å²) in [7, 11) is 4.25. The van der Waals surface area contributed by atoms with Crippen molar-refractivity contribution in [1.29, 1.82) is 0 Å².